The topological polar surface area (TPSA) is 20.3 Å². The van der Waals surface area contributed by atoms with Gasteiger partial charge >= 0.3 is 0 Å². The molecule has 0 N–H and O–H groups in total. The number of thiophene rings is 1. The summed E-state index contributed by atoms with van der Waals surface area (Å²) in [6.45, 7) is 3.65. The number of halogens is 1. The molecule has 1 aliphatic rings. The van der Waals surface area contributed by atoms with E-state index in [1.165, 1.54) is 4.70 Å². The number of carbonyl (C=O) groups excluding carboxylic acids is 1. The van der Waals surface area contributed by atoms with Crippen LogP contribution in [0.4, 0.5) is 0 Å². The van der Waals surface area contributed by atoms with Crippen molar-refractivity contribution in [2.75, 3.05) is 13.1 Å². The SMILES string of the molecule is CC1CN(C(=O)c2cc3ccccc3s2)CCC1Cl. The highest BCUT2D eigenvalue weighted by molar-refractivity contribution is 7.20. The summed E-state index contributed by atoms with van der Waals surface area (Å²) in [5.74, 6) is 0.519. The first-order valence-corrected chi connectivity index (χ1v) is 7.82. The minimum Gasteiger partial charge on any atom is -0.338 e. The first-order valence-electron chi connectivity index (χ1n) is 6.57. The average molecular weight is 294 g/mol. The fourth-order valence-electron chi connectivity index (χ4n) is 2.54. The van der Waals surface area contributed by atoms with Gasteiger partial charge in [-0.2, -0.15) is 0 Å². The quantitative estimate of drug-likeness (QED) is 0.728. The van der Waals surface area contributed by atoms with Crippen LogP contribution in [0.5, 0.6) is 0 Å². The van der Waals surface area contributed by atoms with E-state index in [1.807, 2.05) is 23.1 Å². The Hall–Kier alpha value is -1.06. The zero-order chi connectivity index (χ0) is 13.4. The van der Waals surface area contributed by atoms with Gasteiger partial charge in [-0.05, 0) is 29.9 Å². The average Bonchev–Trinajstić information content (AvgIpc) is 2.85. The molecule has 0 radical (unpaired) electrons. The summed E-state index contributed by atoms with van der Waals surface area (Å²) in [6, 6.07) is 10.1. The number of hydrogen-bond acceptors (Lipinski definition) is 2. The molecular weight excluding hydrogens is 278 g/mol. The molecule has 0 spiro atoms. The molecule has 2 aromatic rings. The first-order chi connectivity index (χ1) is 9.15. The summed E-state index contributed by atoms with van der Waals surface area (Å²) in [5.41, 5.74) is 0. The molecule has 1 fully saturated rings. The van der Waals surface area contributed by atoms with E-state index in [2.05, 4.69) is 19.1 Å². The minimum absolute atomic E-state index is 0.150. The van der Waals surface area contributed by atoms with E-state index in [0.717, 1.165) is 29.8 Å². The molecule has 1 saturated heterocycles. The predicted octanol–water partition coefficient (Wildman–Crippen LogP) is 3.99. The summed E-state index contributed by atoms with van der Waals surface area (Å²) in [6.07, 6.45) is 0.888. The van der Waals surface area contributed by atoms with Crippen molar-refractivity contribution >= 4 is 38.9 Å². The number of alkyl halides is 1. The van der Waals surface area contributed by atoms with Gasteiger partial charge in [0.25, 0.3) is 5.91 Å². The van der Waals surface area contributed by atoms with Gasteiger partial charge < -0.3 is 4.90 Å². The molecule has 1 aromatic heterocycles. The summed E-state index contributed by atoms with van der Waals surface area (Å²) in [4.78, 5) is 15.3. The van der Waals surface area contributed by atoms with Crippen LogP contribution in [0.3, 0.4) is 0 Å². The van der Waals surface area contributed by atoms with E-state index >= 15 is 0 Å². The summed E-state index contributed by atoms with van der Waals surface area (Å²) >= 11 is 7.79. The van der Waals surface area contributed by atoms with Gasteiger partial charge in [-0.3, -0.25) is 4.79 Å². The van der Waals surface area contributed by atoms with E-state index in [4.69, 9.17) is 11.6 Å². The summed E-state index contributed by atoms with van der Waals surface area (Å²) in [7, 11) is 0. The monoisotopic (exact) mass is 293 g/mol. The lowest BCUT2D eigenvalue weighted by atomic mass is 9.99. The molecule has 2 nitrogen and oxygen atoms in total. The molecule has 4 heteroatoms. The lowest BCUT2D eigenvalue weighted by molar-refractivity contribution is 0.0692. The third kappa shape index (κ3) is 2.49. The molecule has 1 amide bonds. The first kappa shape index (κ1) is 12.9. The van der Waals surface area contributed by atoms with Crippen LogP contribution in [0.15, 0.2) is 30.3 Å². The Balaban J connectivity index is 1.83. The van der Waals surface area contributed by atoms with Crippen molar-refractivity contribution < 1.29 is 4.79 Å². The zero-order valence-corrected chi connectivity index (χ0v) is 12.4. The molecule has 1 aromatic carbocycles. The minimum atomic E-state index is 0.150. The number of piperidine rings is 1. The highest BCUT2D eigenvalue weighted by Gasteiger charge is 2.28. The maximum absolute atomic E-state index is 12.5. The molecule has 2 atom stereocenters. The number of likely N-dealkylation sites (tertiary alicyclic amines) is 1. The van der Waals surface area contributed by atoms with E-state index in [0.29, 0.717) is 5.92 Å². The molecule has 100 valence electrons. The molecule has 19 heavy (non-hydrogen) atoms. The number of rotatable bonds is 1. The fraction of sp³-hybridized carbons (Fsp3) is 0.400. The number of fused-ring (bicyclic) bond motifs is 1. The van der Waals surface area contributed by atoms with Gasteiger partial charge in [-0.1, -0.05) is 25.1 Å². The number of amides is 1. The lowest BCUT2D eigenvalue weighted by Crippen LogP contribution is -2.43. The van der Waals surface area contributed by atoms with Crippen molar-refractivity contribution in [1.82, 2.24) is 4.90 Å². The van der Waals surface area contributed by atoms with Gasteiger partial charge in [0.05, 0.1) is 4.88 Å². The third-order valence-electron chi connectivity index (χ3n) is 3.72. The Morgan fingerprint density at radius 3 is 2.95 bits per heavy atom. The second-order valence-electron chi connectivity index (χ2n) is 5.18. The Morgan fingerprint density at radius 2 is 2.21 bits per heavy atom. The fourth-order valence-corrected chi connectivity index (χ4v) is 3.75. The molecule has 0 bridgehead atoms. The molecule has 1 aliphatic heterocycles. The Bertz CT molecular complexity index is 576. The van der Waals surface area contributed by atoms with Crippen LogP contribution in [0.1, 0.15) is 23.0 Å². The summed E-state index contributed by atoms with van der Waals surface area (Å²) in [5, 5.41) is 1.35. The number of carbonyl (C=O) groups is 1. The van der Waals surface area contributed by atoms with Crippen molar-refractivity contribution in [2.45, 2.75) is 18.7 Å². The van der Waals surface area contributed by atoms with Crippen molar-refractivity contribution in [1.29, 1.82) is 0 Å². The molecule has 0 saturated carbocycles. The van der Waals surface area contributed by atoms with Crippen LogP contribution in [-0.2, 0) is 0 Å². The number of hydrogen-bond donors (Lipinski definition) is 0. The predicted molar refractivity (Wildman–Crippen MR) is 81.2 cm³/mol. The van der Waals surface area contributed by atoms with Crippen LogP contribution in [0.2, 0.25) is 0 Å². The number of nitrogens with zero attached hydrogens (tertiary/aromatic N) is 1. The lowest BCUT2D eigenvalue weighted by Gasteiger charge is -2.33. The standard InChI is InChI=1S/C15H16ClNOS/c1-10-9-17(7-6-12(10)16)15(18)14-8-11-4-2-3-5-13(11)19-14/h2-5,8,10,12H,6-7,9H2,1H3. The number of benzene rings is 1. The van der Waals surface area contributed by atoms with Crippen molar-refractivity contribution in [3.8, 4) is 0 Å². The largest absolute Gasteiger partial charge is 0.338 e. The normalized spacial score (nSPS) is 23.8. The Morgan fingerprint density at radius 1 is 1.42 bits per heavy atom. The van der Waals surface area contributed by atoms with E-state index in [9.17, 15) is 4.79 Å². The Kier molecular flexibility index (Phi) is 3.50. The van der Waals surface area contributed by atoms with Crippen LogP contribution in [0, 0.1) is 5.92 Å². The van der Waals surface area contributed by atoms with Gasteiger partial charge in [0.1, 0.15) is 0 Å². The third-order valence-corrected chi connectivity index (χ3v) is 5.48. The van der Waals surface area contributed by atoms with Crippen LogP contribution in [0.25, 0.3) is 10.1 Å². The zero-order valence-electron chi connectivity index (χ0n) is 10.8. The maximum Gasteiger partial charge on any atom is 0.263 e. The van der Waals surface area contributed by atoms with Gasteiger partial charge in [0.15, 0.2) is 0 Å². The summed E-state index contributed by atoms with van der Waals surface area (Å²) < 4.78 is 1.17. The van der Waals surface area contributed by atoms with Crippen molar-refractivity contribution in [2.24, 2.45) is 5.92 Å². The highest BCUT2D eigenvalue weighted by Crippen LogP contribution is 2.28. The van der Waals surface area contributed by atoms with E-state index in [-0.39, 0.29) is 11.3 Å². The molecule has 0 aliphatic carbocycles. The van der Waals surface area contributed by atoms with E-state index < -0.39 is 0 Å². The van der Waals surface area contributed by atoms with Gasteiger partial charge in [-0.15, -0.1) is 22.9 Å². The van der Waals surface area contributed by atoms with Gasteiger partial charge in [0, 0.05) is 23.2 Å². The Labute approximate surface area is 122 Å². The highest BCUT2D eigenvalue weighted by atomic mass is 35.5. The molecule has 2 heterocycles. The second kappa shape index (κ2) is 5.14. The van der Waals surface area contributed by atoms with Crippen LogP contribution >= 0.6 is 22.9 Å². The molecular formula is C15H16ClNOS. The van der Waals surface area contributed by atoms with Gasteiger partial charge in [-0.25, -0.2) is 0 Å². The smallest absolute Gasteiger partial charge is 0.263 e. The molecule has 3 rings (SSSR count). The van der Waals surface area contributed by atoms with Crippen molar-refractivity contribution in [3.05, 3.63) is 35.2 Å². The van der Waals surface area contributed by atoms with Crippen LogP contribution in [-0.4, -0.2) is 29.3 Å². The van der Waals surface area contributed by atoms with E-state index in [1.54, 1.807) is 11.3 Å². The molecule has 2 unspecified atom stereocenters. The van der Waals surface area contributed by atoms with Gasteiger partial charge in [0.2, 0.25) is 0 Å². The maximum atomic E-state index is 12.5. The second-order valence-corrected chi connectivity index (χ2v) is 6.83. The van der Waals surface area contributed by atoms with Crippen molar-refractivity contribution in [3.63, 3.8) is 0 Å². The van der Waals surface area contributed by atoms with Crippen LogP contribution < -0.4 is 0 Å².